The summed E-state index contributed by atoms with van der Waals surface area (Å²) in [5.74, 6) is 1.67. The third-order valence-electron chi connectivity index (χ3n) is 6.09. The Kier molecular flexibility index (Phi) is 6.16. The third-order valence-corrected chi connectivity index (χ3v) is 6.09. The lowest BCUT2D eigenvalue weighted by molar-refractivity contribution is -0.105. The van der Waals surface area contributed by atoms with Gasteiger partial charge in [0.15, 0.2) is 0 Å². The van der Waals surface area contributed by atoms with Gasteiger partial charge >= 0.3 is 0 Å². The zero-order chi connectivity index (χ0) is 25.2. The van der Waals surface area contributed by atoms with Crippen molar-refractivity contribution < 1.29 is 4.79 Å². The van der Waals surface area contributed by atoms with E-state index in [1.165, 1.54) is 18.4 Å². The first-order valence-electron chi connectivity index (χ1n) is 11.6. The number of amides is 1. The molecule has 10 heteroatoms. The largest absolute Gasteiger partial charge is 0.383 e. The lowest BCUT2D eigenvalue weighted by Crippen LogP contribution is -2.00. The Morgan fingerprint density at radius 3 is 2.50 bits per heavy atom. The Labute approximate surface area is 208 Å². The number of nitrogens with zero attached hydrogens (tertiary/aromatic N) is 7. The van der Waals surface area contributed by atoms with Gasteiger partial charge in [0.05, 0.1) is 17.6 Å². The van der Waals surface area contributed by atoms with E-state index in [4.69, 9.17) is 5.73 Å². The van der Waals surface area contributed by atoms with Crippen LogP contribution in [0.2, 0.25) is 0 Å². The molecule has 182 valence electrons. The number of anilines is 2. The van der Waals surface area contributed by atoms with Crippen LogP contribution in [-0.2, 0) is 18.9 Å². The Hall–Kier alpha value is -4.60. The first-order valence-corrected chi connectivity index (χ1v) is 11.6. The van der Waals surface area contributed by atoms with Crippen molar-refractivity contribution in [1.82, 2.24) is 34.5 Å². The molecule has 0 bridgehead atoms. The maximum absolute atomic E-state index is 10.7. The van der Waals surface area contributed by atoms with Crippen LogP contribution >= 0.6 is 0 Å². The highest BCUT2D eigenvalue weighted by molar-refractivity contribution is 5.95. The molecule has 0 aliphatic heterocycles. The molecule has 5 heterocycles. The highest BCUT2D eigenvalue weighted by Crippen LogP contribution is 2.39. The summed E-state index contributed by atoms with van der Waals surface area (Å²) in [7, 11) is 3.83. The van der Waals surface area contributed by atoms with Crippen molar-refractivity contribution in [3.8, 4) is 22.6 Å². The minimum absolute atomic E-state index is 0.376. The van der Waals surface area contributed by atoms with Gasteiger partial charge < -0.3 is 11.1 Å². The van der Waals surface area contributed by atoms with Crippen molar-refractivity contribution in [2.24, 2.45) is 14.1 Å². The van der Waals surface area contributed by atoms with Gasteiger partial charge in [-0.3, -0.25) is 19.1 Å². The lowest BCUT2D eigenvalue weighted by atomic mass is 10.0. The summed E-state index contributed by atoms with van der Waals surface area (Å²) in [6, 6.07) is 7.57. The SMILES string of the molecule is Cc1cc(-c2ccn(C)n2)ncc1-c1cc2cc(NC=O)ncc2c(N)n1.Cn1cc(C2CC2)cn1. The van der Waals surface area contributed by atoms with Crippen LogP contribution in [0.3, 0.4) is 0 Å². The molecule has 0 radical (unpaired) electrons. The van der Waals surface area contributed by atoms with Crippen molar-refractivity contribution in [1.29, 1.82) is 0 Å². The average molecular weight is 482 g/mol. The number of aryl methyl sites for hydroxylation is 3. The zero-order valence-electron chi connectivity index (χ0n) is 20.4. The number of pyridine rings is 3. The number of fused-ring (bicyclic) bond motifs is 1. The lowest BCUT2D eigenvalue weighted by Gasteiger charge is -2.10. The molecule has 1 saturated carbocycles. The quantitative estimate of drug-likeness (QED) is 0.365. The number of rotatable bonds is 5. The molecular formula is C26H27N9O. The van der Waals surface area contributed by atoms with Gasteiger partial charge in [-0.05, 0) is 66.5 Å². The Bertz CT molecular complexity index is 1550. The number of carbonyl (C=O) groups excluding carboxylic acids is 1. The van der Waals surface area contributed by atoms with Crippen molar-refractivity contribution >= 4 is 28.8 Å². The fraction of sp³-hybridized carbons (Fsp3) is 0.231. The third kappa shape index (κ3) is 4.92. The molecule has 0 unspecified atom stereocenters. The molecular weight excluding hydrogens is 454 g/mol. The highest BCUT2D eigenvalue weighted by atomic mass is 16.1. The smallest absolute Gasteiger partial charge is 0.212 e. The van der Waals surface area contributed by atoms with Crippen LogP contribution in [-0.4, -0.2) is 40.9 Å². The van der Waals surface area contributed by atoms with E-state index in [2.05, 4.69) is 36.7 Å². The molecule has 36 heavy (non-hydrogen) atoms. The molecule has 0 spiro atoms. The maximum Gasteiger partial charge on any atom is 0.212 e. The van der Waals surface area contributed by atoms with E-state index >= 15 is 0 Å². The summed E-state index contributed by atoms with van der Waals surface area (Å²) in [4.78, 5) is 23.8. The van der Waals surface area contributed by atoms with Gasteiger partial charge in [-0.2, -0.15) is 10.2 Å². The summed E-state index contributed by atoms with van der Waals surface area (Å²) < 4.78 is 3.61. The van der Waals surface area contributed by atoms with Gasteiger partial charge in [0.1, 0.15) is 17.3 Å². The van der Waals surface area contributed by atoms with Gasteiger partial charge in [0.25, 0.3) is 0 Å². The highest BCUT2D eigenvalue weighted by Gasteiger charge is 2.24. The molecule has 5 aromatic rings. The van der Waals surface area contributed by atoms with E-state index in [-0.39, 0.29) is 0 Å². The molecule has 5 aromatic heterocycles. The number of aromatic nitrogens is 7. The Morgan fingerprint density at radius 2 is 1.86 bits per heavy atom. The fourth-order valence-electron chi connectivity index (χ4n) is 4.03. The molecule has 10 nitrogen and oxygen atoms in total. The van der Waals surface area contributed by atoms with Gasteiger partial charge in [0.2, 0.25) is 6.41 Å². The predicted octanol–water partition coefficient (Wildman–Crippen LogP) is 3.85. The molecule has 1 fully saturated rings. The van der Waals surface area contributed by atoms with Crippen LogP contribution in [0, 0.1) is 6.92 Å². The Balaban J connectivity index is 0.000000247. The van der Waals surface area contributed by atoms with Crippen LogP contribution < -0.4 is 11.1 Å². The second kappa shape index (κ2) is 9.57. The van der Waals surface area contributed by atoms with Crippen molar-refractivity contribution in [2.45, 2.75) is 25.7 Å². The van der Waals surface area contributed by atoms with E-state index in [1.54, 1.807) is 23.1 Å². The van der Waals surface area contributed by atoms with Crippen LogP contribution in [0.1, 0.15) is 29.9 Å². The number of carbonyl (C=O) groups is 1. The second-order valence-corrected chi connectivity index (χ2v) is 8.93. The normalized spacial score (nSPS) is 12.8. The predicted molar refractivity (Wildman–Crippen MR) is 139 cm³/mol. The number of hydrogen-bond acceptors (Lipinski definition) is 7. The molecule has 6 rings (SSSR count). The zero-order valence-corrected chi connectivity index (χ0v) is 20.4. The standard InChI is InChI=1S/C19H17N7O.C7H10N2/c1-11-5-17(15-3-4-26(2)25-15)21-8-13(11)16-6-12-7-18(23-10-27)22-9-14(12)19(20)24-16;1-9-5-7(4-8-9)6-2-3-6/h3-10H,1-2H3,(H2,20,24)(H,22,23,27);4-6H,2-3H2,1H3. The molecule has 1 amide bonds. The van der Waals surface area contributed by atoms with Crippen molar-refractivity contribution in [3.05, 3.63) is 66.4 Å². The van der Waals surface area contributed by atoms with E-state index in [0.29, 0.717) is 23.7 Å². The summed E-state index contributed by atoms with van der Waals surface area (Å²) in [5.41, 5.74) is 11.7. The molecule has 0 aromatic carbocycles. The van der Waals surface area contributed by atoms with E-state index in [1.807, 2.05) is 56.3 Å². The minimum atomic E-state index is 0.376. The van der Waals surface area contributed by atoms with E-state index < -0.39 is 0 Å². The van der Waals surface area contributed by atoms with Crippen molar-refractivity contribution in [3.63, 3.8) is 0 Å². The van der Waals surface area contributed by atoms with Crippen LogP contribution in [0.15, 0.2) is 55.2 Å². The van der Waals surface area contributed by atoms with Gasteiger partial charge in [0, 0.05) is 49.8 Å². The summed E-state index contributed by atoms with van der Waals surface area (Å²) in [5, 5.41) is 12.6. The van der Waals surface area contributed by atoms with E-state index in [0.717, 1.165) is 39.2 Å². The van der Waals surface area contributed by atoms with Crippen molar-refractivity contribution in [2.75, 3.05) is 11.1 Å². The molecule has 3 N–H and O–H groups in total. The number of nitrogens with one attached hydrogen (secondary N) is 1. The van der Waals surface area contributed by atoms with Crippen LogP contribution in [0.25, 0.3) is 33.4 Å². The molecule has 1 aliphatic carbocycles. The number of hydrogen-bond donors (Lipinski definition) is 2. The molecule has 0 saturated heterocycles. The van der Waals surface area contributed by atoms with Gasteiger partial charge in [-0.1, -0.05) is 0 Å². The monoisotopic (exact) mass is 481 g/mol. The van der Waals surface area contributed by atoms with Gasteiger partial charge in [-0.15, -0.1) is 0 Å². The first kappa shape index (κ1) is 23.2. The fourth-order valence-corrected chi connectivity index (χ4v) is 4.03. The Morgan fingerprint density at radius 1 is 1.03 bits per heavy atom. The number of nitrogen functional groups attached to an aromatic ring is 1. The summed E-state index contributed by atoms with van der Waals surface area (Å²) >= 11 is 0. The topological polar surface area (TPSA) is 129 Å². The van der Waals surface area contributed by atoms with Crippen LogP contribution in [0.4, 0.5) is 11.6 Å². The van der Waals surface area contributed by atoms with Gasteiger partial charge in [-0.25, -0.2) is 9.97 Å². The summed E-state index contributed by atoms with van der Waals surface area (Å²) in [6.45, 7) is 2.00. The number of nitrogens with two attached hydrogens (primary N) is 1. The first-order chi connectivity index (χ1) is 17.4. The average Bonchev–Trinajstić information content (AvgIpc) is 3.47. The summed E-state index contributed by atoms with van der Waals surface area (Å²) in [6.07, 6.45) is 12.7. The molecule has 1 aliphatic rings. The molecule has 0 atom stereocenters. The minimum Gasteiger partial charge on any atom is -0.383 e. The van der Waals surface area contributed by atoms with E-state index in [9.17, 15) is 4.79 Å². The second-order valence-electron chi connectivity index (χ2n) is 8.93. The maximum atomic E-state index is 10.7. The van der Waals surface area contributed by atoms with Crippen LogP contribution in [0.5, 0.6) is 0 Å².